The van der Waals surface area contributed by atoms with Crippen LogP contribution in [-0.4, -0.2) is 36.0 Å². The molecular formula is C28H32N2O2. The molecule has 0 bridgehead atoms. The normalized spacial score (nSPS) is 19.1. The molecule has 166 valence electrons. The zero-order valence-electron chi connectivity index (χ0n) is 19.1. The summed E-state index contributed by atoms with van der Waals surface area (Å²) in [7, 11) is 1.84. The summed E-state index contributed by atoms with van der Waals surface area (Å²) in [6.45, 7) is 3.92. The van der Waals surface area contributed by atoms with E-state index in [0.29, 0.717) is 17.7 Å². The van der Waals surface area contributed by atoms with Gasteiger partial charge in [-0.15, -0.1) is 0 Å². The standard InChI is InChI=1S/C28H32N2O2/c1-3-28(32-2,25-14-16-30(17-15-25)27(31)21-8-9-21)24-12-10-20(11-13-24)23-18-22-6-4-5-7-26(22)29-19-23/h4-7,10-13,18-19,21,25H,3,8-9,14-17H2,1-2H3. The highest BCUT2D eigenvalue weighted by Crippen LogP contribution is 2.43. The van der Waals surface area contributed by atoms with Crippen LogP contribution in [-0.2, 0) is 15.1 Å². The van der Waals surface area contributed by atoms with Gasteiger partial charge in [0, 0.05) is 43.3 Å². The molecule has 2 aliphatic rings. The van der Waals surface area contributed by atoms with E-state index in [9.17, 15) is 4.79 Å². The molecule has 1 amide bonds. The van der Waals surface area contributed by atoms with Crippen LogP contribution in [0.1, 0.15) is 44.6 Å². The number of piperidine rings is 1. The monoisotopic (exact) mass is 428 g/mol. The van der Waals surface area contributed by atoms with Gasteiger partial charge in [-0.3, -0.25) is 9.78 Å². The Balaban J connectivity index is 1.36. The maximum atomic E-state index is 12.5. The predicted molar refractivity (Wildman–Crippen MR) is 128 cm³/mol. The number of rotatable bonds is 6. The van der Waals surface area contributed by atoms with Crippen molar-refractivity contribution in [2.45, 2.75) is 44.6 Å². The molecule has 1 unspecified atom stereocenters. The van der Waals surface area contributed by atoms with E-state index in [1.54, 1.807) is 0 Å². The molecule has 1 saturated carbocycles. The van der Waals surface area contributed by atoms with Crippen molar-refractivity contribution in [1.82, 2.24) is 9.88 Å². The molecule has 2 aromatic carbocycles. The number of para-hydroxylation sites is 1. The fourth-order valence-electron chi connectivity index (χ4n) is 5.49. The summed E-state index contributed by atoms with van der Waals surface area (Å²) < 4.78 is 6.26. The van der Waals surface area contributed by atoms with Crippen molar-refractivity contribution in [3.05, 3.63) is 66.4 Å². The first-order chi connectivity index (χ1) is 15.6. The van der Waals surface area contributed by atoms with E-state index in [2.05, 4.69) is 59.3 Å². The van der Waals surface area contributed by atoms with E-state index < -0.39 is 0 Å². The van der Waals surface area contributed by atoms with Gasteiger partial charge in [0.1, 0.15) is 0 Å². The van der Waals surface area contributed by atoms with Gasteiger partial charge in [0.25, 0.3) is 0 Å². The third-order valence-corrected chi connectivity index (χ3v) is 7.58. The number of carbonyl (C=O) groups is 1. The molecule has 0 spiro atoms. The number of carbonyl (C=O) groups excluding carboxylic acids is 1. The lowest BCUT2D eigenvalue weighted by Crippen LogP contribution is -2.46. The molecule has 2 fully saturated rings. The summed E-state index contributed by atoms with van der Waals surface area (Å²) in [5, 5.41) is 1.15. The summed E-state index contributed by atoms with van der Waals surface area (Å²) in [6.07, 6.45) is 7.02. The first-order valence-electron chi connectivity index (χ1n) is 11.9. The van der Waals surface area contributed by atoms with Gasteiger partial charge in [-0.1, -0.05) is 49.4 Å². The van der Waals surface area contributed by atoms with Crippen molar-refractivity contribution in [1.29, 1.82) is 0 Å². The fourth-order valence-corrected chi connectivity index (χ4v) is 5.49. The number of amides is 1. The Hall–Kier alpha value is -2.72. The lowest BCUT2D eigenvalue weighted by Gasteiger charge is -2.44. The van der Waals surface area contributed by atoms with Crippen LogP contribution in [0, 0.1) is 11.8 Å². The summed E-state index contributed by atoms with van der Waals surface area (Å²) in [4.78, 5) is 19.2. The van der Waals surface area contributed by atoms with Gasteiger partial charge >= 0.3 is 0 Å². The van der Waals surface area contributed by atoms with Gasteiger partial charge in [0.2, 0.25) is 5.91 Å². The van der Waals surface area contributed by atoms with Crippen LogP contribution < -0.4 is 0 Å². The molecule has 1 saturated heterocycles. The van der Waals surface area contributed by atoms with Gasteiger partial charge < -0.3 is 9.64 Å². The highest BCUT2D eigenvalue weighted by Gasteiger charge is 2.42. The van der Waals surface area contributed by atoms with Crippen LogP contribution in [0.3, 0.4) is 0 Å². The molecule has 4 heteroatoms. The minimum absolute atomic E-state index is 0.307. The molecule has 3 aromatic rings. The molecule has 5 rings (SSSR count). The van der Waals surface area contributed by atoms with E-state index in [0.717, 1.165) is 67.2 Å². The van der Waals surface area contributed by atoms with Crippen LogP contribution >= 0.6 is 0 Å². The van der Waals surface area contributed by atoms with E-state index >= 15 is 0 Å². The minimum Gasteiger partial charge on any atom is -0.373 e. The molecule has 1 aliphatic heterocycles. The molecule has 1 atom stereocenters. The van der Waals surface area contributed by atoms with Gasteiger partial charge in [0.05, 0.1) is 11.1 Å². The van der Waals surface area contributed by atoms with Crippen molar-refractivity contribution >= 4 is 16.8 Å². The molecule has 4 nitrogen and oxygen atoms in total. The Morgan fingerprint density at radius 1 is 1.03 bits per heavy atom. The Morgan fingerprint density at radius 2 is 1.75 bits per heavy atom. The number of fused-ring (bicyclic) bond motifs is 1. The average Bonchev–Trinajstić information content (AvgIpc) is 3.71. The summed E-state index contributed by atoms with van der Waals surface area (Å²) in [5.74, 6) is 1.09. The number of pyridine rings is 1. The van der Waals surface area contributed by atoms with Crippen LogP contribution in [0.5, 0.6) is 0 Å². The zero-order valence-corrected chi connectivity index (χ0v) is 19.1. The quantitative estimate of drug-likeness (QED) is 0.498. The van der Waals surface area contributed by atoms with Gasteiger partial charge in [-0.25, -0.2) is 0 Å². The van der Waals surface area contributed by atoms with Crippen LogP contribution in [0.4, 0.5) is 0 Å². The van der Waals surface area contributed by atoms with Crippen LogP contribution in [0.15, 0.2) is 60.8 Å². The lowest BCUT2D eigenvalue weighted by atomic mass is 9.74. The minimum atomic E-state index is -0.311. The SMILES string of the molecule is CCC(OC)(c1ccc(-c2cnc3ccccc3c2)cc1)C1CCN(C(=O)C2CC2)CC1. The second kappa shape index (κ2) is 8.67. The number of likely N-dealkylation sites (tertiary alicyclic amines) is 1. The largest absolute Gasteiger partial charge is 0.373 e. The van der Waals surface area contributed by atoms with Crippen molar-refractivity contribution in [3.8, 4) is 11.1 Å². The first-order valence-corrected chi connectivity index (χ1v) is 11.9. The number of nitrogens with zero attached hydrogens (tertiary/aromatic N) is 2. The smallest absolute Gasteiger partial charge is 0.225 e. The molecule has 1 aliphatic carbocycles. The number of ether oxygens (including phenoxy) is 1. The van der Waals surface area contributed by atoms with Crippen LogP contribution in [0.25, 0.3) is 22.0 Å². The second-order valence-electron chi connectivity index (χ2n) is 9.32. The van der Waals surface area contributed by atoms with Crippen molar-refractivity contribution in [2.75, 3.05) is 20.2 Å². The molecule has 2 heterocycles. The number of methoxy groups -OCH3 is 1. The van der Waals surface area contributed by atoms with Crippen molar-refractivity contribution in [2.24, 2.45) is 11.8 Å². The molecular weight excluding hydrogens is 396 g/mol. The maximum absolute atomic E-state index is 12.5. The Labute approximate surface area is 190 Å². The summed E-state index contributed by atoms with van der Waals surface area (Å²) in [6, 6.07) is 19.2. The number of hydrogen-bond acceptors (Lipinski definition) is 3. The molecule has 0 N–H and O–H groups in total. The second-order valence-corrected chi connectivity index (χ2v) is 9.32. The van der Waals surface area contributed by atoms with Gasteiger partial charge in [-0.2, -0.15) is 0 Å². The predicted octanol–water partition coefficient (Wildman–Crippen LogP) is 5.80. The molecule has 32 heavy (non-hydrogen) atoms. The number of hydrogen-bond donors (Lipinski definition) is 0. The van der Waals surface area contributed by atoms with Gasteiger partial charge in [0.15, 0.2) is 0 Å². The van der Waals surface area contributed by atoms with Gasteiger partial charge in [-0.05, 0) is 61.3 Å². The Kier molecular flexibility index (Phi) is 5.73. The van der Waals surface area contributed by atoms with E-state index in [1.807, 2.05) is 25.4 Å². The molecule has 0 radical (unpaired) electrons. The molecule has 1 aromatic heterocycles. The Bertz CT molecular complexity index is 1090. The van der Waals surface area contributed by atoms with Crippen molar-refractivity contribution in [3.63, 3.8) is 0 Å². The van der Waals surface area contributed by atoms with E-state index in [1.165, 1.54) is 5.56 Å². The number of aromatic nitrogens is 1. The summed E-state index contributed by atoms with van der Waals surface area (Å²) in [5.41, 5.74) is 4.23. The highest BCUT2D eigenvalue weighted by molar-refractivity contribution is 5.83. The third kappa shape index (κ3) is 3.81. The fraction of sp³-hybridized carbons (Fsp3) is 0.429. The van der Waals surface area contributed by atoms with E-state index in [-0.39, 0.29) is 5.60 Å². The summed E-state index contributed by atoms with van der Waals surface area (Å²) >= 11 is 0. The topological polar surface area (TPSA) is 42.4 Å². The van der Waals surface area contributed by atoms with Crippen molar-refractivity contribution < 1.29 is 9.53 Å². The highest BCUT2D eigenvalue weighted by atomic mass is 16.5. The lowest BCUT2D eigenvalue weighted by molar-refractivity contribution is -0.137. The first kappa shape index (κ1) is 21.1. The maximum Gasteiger partial charge on any atom is 0.225 e. The third-order valence-electron chi connectivity index (χ3n) is 7.58. The average molecular weight is 429 g/mol. The Morgan fingerprint density at radius 3 is 2.41 bits per heavy atom. The zero-order chi connectivity index (χ0) is 22.1. The van der Waals surface area contributed by atoms with E-state index in [4.69, 9.17) is 4.74 Å². The van der Waals surface area contributed by atoms with Crippen LogP contribution in [0.2, 0.25) is 0 Å². The number of benzene rings is 2.